The van der Waals surface area contributed by atoms with Crippen LogP contribution >= 0.6 is 0 Å². The summed E-state index contributed by atoms with van der Waals surface area (Å²) >= 11 is 0. The van der Waals surface area contributed by atoms with Crippen molar-refractivity contribution in [3.8, 4) is 0 Å². The van der Waals surface area contributed by atoms with Crippen molar-refractivity contribution in [1.82, 2.24) is 9.47 Å². The van der Waals surface area contributed by atoms with Crippen LogP contribution in [0.25, 0.3) is 0 Å². The molecule has 5 nitrogen and oxygen atoms in total. The molecule has 2 heterocycles. The molecule has 0 N–H and O–H groups in total. The molecule has 0 unspecified atom stereocenters. The Morgan fingerprint density at radius 1 is 1.14 bits per heavy atom. The number of halogens is 3. The molecule has 29 heavy (non-hydrogen) atoms. The minimum atomic E-state index is -4.59. The number of hydrogen-bond donors (Lipinski definition) is 0. The van der Waals surface area contributed by atoms with Gasteiger partial charge >= 0.3 is 6.36 Å². The lowest BCUT2D eigenvalue weighted by Gasteiger charge is -2.33. The van der Waals surface area contributed by atoms with Crippen molar-refractivity contribution in [3.05, 3.63) is 58.0 Å². The van der Waals surface area contributed by atoms with Crippen LogP contribution in [0.15, 0.2) is 41.3 Å². The van der Waals surface area contributed by atoms with E-state index < -0.39 is 6.36 Å². The van der Waals surface area contributed by atoms with E-state index in [2.05, 4.69) is 41.7 Å². The smallest absolute Gasteiger partial charge is 0.338 e. The van der Waals surface area contributed by atoms with Crippen molar-refractivity contribution in [1.29, 1.82) is 0 Å². The Kier molecular flexibility index (Phi) is 6.33. The summed E-state index contributed by atoms with van der Waals surface area (Å²) in [5.41, 5.74) is 4.15. The number of aryl methyl sites for hydroxylation is 1. The molecule has 158 valence electrons. The number of ether oxygens (including phenoxy) is 1. The molecule has 0 bridgehead atoms. The molecule has 0 fully saturated rings. The zero-order chi connectivity index (χ0) is 21.2. The van der Waals surface area contributed by atoms with Crippen LogP contribution < -0.4 is 10.5 Å². The lowest BCUT2D eigenvalue weighted by Crippen LogP contribution is -2.34. The molecule has 1 aromatic heterocycles. The van der Waals surface area contributed by atoms with Crippen LogP contribution in [0.1, 0.15) is 25.0 Å². The second kappa shape index (κ2) is 8.59. The van der Waals surface area contributed by atoms with Gasteiger partial charge in [0.15, 0.2) is 0 Å². The molecule has 0 saturated carbocycles. The molecule has 0 saturated heterocycles. The Hall–Kier alpha value is -2.32. The molecule has 0 radical (unpaired) electrons. The van der Waals surface area contributed by atoms with E-state index in [1.54, 1.807) is 17.7 Å². The highest BCUT2D eigenvalue weighted by atomic mass is 19.4. The van der Waals surface area contributed by atoms with Gasteiger partial charge in [-0.15, -0.1) is 13.2 Å². The Morgan fingerprint density at radius 2 is 1.86 bits per heavy atom. The van der Waals surface area contributed by atoms with E-state index in [9.17, 15) is 18.0 Å². The molecule has 3 rings (SSSR count). The maximum Gasteiger partial charge on any atom is 0.522 e. The molecular formula is C21H26F3N3O2. The van der Waals surface area contributed by atoms with Gasteiger partial charge in [-0.1, -0.05) is 6.07 Å². The predicted octanol–water partition coefficient (Wildman–Crippen LogP) is 3.83. The molecule has 0 aliphatic carbocycles. The van der Waals surface area contributed by atoms with Gasteiger partial charge in [-0.25, -0.2) is 0 Å². The average molecular weight is 409 g/mol. The summed E-state index contributed by atoms with van der Waals surface area (Å²) in [7, 11) is 1.72. The van der Waals surface area contributed by atoms with Gasteiger partial charge in [-0.2, -0.15) is 0 Å². The van der Waals surface area contributed by atoms with Gasteiger partial charge in [0.05, 0.1) is 12.3 Å². The van der Waals surface area contributed by atoms with Crippen LogP contribution in [0, 0.1) is 0 Å². The van der Waals surface area contributed by atoms with Crippen LogP contribution in [0.2, 0.25) is 0 Å². The average Bonchev–Trinajstić information content (AvgIpc) is 2.63. The van der Waals surface area contributed by atoms with Gasteiger partial charge in [0, 0.05) is 50.7 Å². The first kappa shape index (κ1) is 21.4. The third-order valence-corrected chi connectivity index (χ3v) is 5.10. The van der Waals surface area contributed by atoms with E-state index in [4.69, 9.17) is 0 Å². The number of alkyl halides is 3. The summed E-state index contributed by atoms with van der Waals surface area (Å²) in [5, 5.41) is 0. The highest BCUT2D eigenvalue weighted by molar-refractivity contribution is 5.64. The third kappa shape index (κ3) is 5.39. The maximum atomic E-state index is 12.2. The second-order valence-corrected chi connectivity index (χ2v) is 7.57. The molecule has 1 aromatic carbocycles. The molecule has 0 atom stereocenters. The van der Waals surface area contributed by atoms with E-state index in [1.807, 2.05) is 17.2 Å². The monoisotopic (exact) mass is 409 g/mol. The second-order valence-electron chi connectivity index (χ2n) is 7.57. The Bertz CT molecular complexity index is 909. The quantitative estimate of drug-likeness (QED) is 0.727. The van der Waals surface area contributed by atoms with Gasteiger partial charge < -0.3 is 9.47 Å². The van der Waals surface area contributed by atoms with Crippen LogP contribution in [0.3, 0.4) is 0 Å². The minimum Gasteiger partial charge on any atom is -0.338 e. The number of hydrogen-bond acceptors (Lipinski definition) is 4. The Balaban J connectivity index is 1.80. The SMILES string of the molecule is CC(C)N(c1ccc2c(c1)CN(CCOC(F)(F)F)CC2)c1ccc(=O)n(C)c1. The van der Waals surface area contributed by atoms with E-state index in [0.717, 1.165) is 23.4 Å². The number of benzene rings is 1. The molecule has 1 aliphatic heterocycles. The van der Waals surface area contributed by atoms with Gasteiger partial charge in [-0.3, -0.25) is 14.4 Å². The zero-order valence-electron chi connectivity index (χ0n) is 16.9. The zero-order valence-corrected chi connectivity index (χ0v) is 16.9. The highest BCUT2D eigenvalue weighted by Crippen LogP contribution is 2.31. The van der Waals surface area contributed by atoms with E-state index in [-0.39, 0.29) is 24.8 Å². The van der Waals surface area contributed by atoms with E-state index >= 15 is 0 Å². The van der Waals surface area contributed by atoms with Crippen LogP contribution in [0.4, 0.5) is 24.5 Å². The van der Waals surface area contributed by atoms with Crippen molar-refractivity contribution in [3.63, 3.8) is 0 Å². The summed E-state index contributed by atoms with van der Waals surface area (Å²) in [5.74, 6) is 0. The highest BCUT2D eigenvalue weighted by Gasteiger charge is 2.29. The van der Waals surface area contributed by atoms with E-state index in [0.29, 0.717) is 13.1 Å². The lowest BCUT2D eigenvalue weighted by atomic mass is 9.98. The van der Waals surface area contributed by atoms with Crippen molar-refractivity contribution in [2.45, 2.75) is 39.2 Å². The predicted molar refractivity (Wildman–Crippen MR) is 106 cm³/mol. The first-order valence-corrected chi connectivity index (χ1v) is 9.65. The Morgan fingerprint density at radius 3 is 2.52 bits per heavy atom. The standard InChI is InChI=1S/C21H26F3N3O2/c1-15(2)27(19-6-7-20(28)25(3)14-19)18-5-4-16-8-9-26(13-17(16)12-18)10-11-29-21(22,23)24/h4-7,12,14-15H,8-11,13H2,1-3H3. The number of nitrogens with zero attached hydrogens (tertiary/aromatic N) is 3. The topological polar surface area (TPSA) is 37.7 Å². The van der Waals surface area contributed by atoms with Gasteiger partial charge in [0.2, 0.25) is 5.56 Å². The molecular weight excluding hydrogens is 383 g/mol. The fourth-order valence-electron chi connectivity index (χ4n) is 3.70. The number of anilines is 2. The number of aromatic nitrogens is 1. The van der Waals surface area contributed by atoms with Crippen LogP contribution in [0.5, 0.6) is 0 Å². The first-order valence-electron chi connectivity index (χ1n) is 9.65. The minimum absolute atomic E-state index is 0.0698. The molecule has 1 aliphatic rings. The summed E-state index contributed by atoms with van der Waals surface area (Å²) in [6.45, 7) is 5.31. The van der Waals surface area contributed by atoms with Crippen molar-refractivity contribution >= 4 is 11.4 Å². The fourth-order valence-corrected chi connectivity index (χ4v) is 3.70. The first-order chi connectivity index (χ1) is 13.6. The van der Waals surface area contributed by atoms with Crippen LogP contribution in [-0.2, 0) is 24.8 Å². The number of fused-ring (bicyclic) bond motifs is 1. The van der Waals surface area contributed by atoms with Gasteiger partial charge in [-0.05, 0) is 49.6 Å². The molecule has 0 amide bonds. The fraction of sp³-hybridized carbons (Fsp3) is 0.476. The summed E-state index contributed by atoms with van der Waals surface area (Å²) in [6.07, 6.45) is -1.99. The largest absolute Gasteiger partial charge is 0.522 e. The number of pyridine rings is 1. The van der Waals surface area contributed by atoms with Crippen molar-refractivity contribution in [2.24, 2.45) is 7.05 Å². The molecule has 2 aromatic rings. The summed E-state index contributed by atoms with van der Waals surface area (Å²) in [6, 6.07) is 9.76. The lowest BCUT2D eigenvalue weighted by molar-refractivity contribution is -0.325. The van der Waals surface area contributed by atoms with Gasteiger partial charge in [0.25, 0.3) is 0 Å². The molecule has 0 spiro atoms. The van der Waals surface area contributed by atoms with Crippen molar-refractivity contribution in [2.75, 3.05) is 24.6 Å². The maximum absolute atomic E-state index is 12.2. The van der Waals surface area contributed by atoms with Gasteiger partial charge in [0.1, 0.15) is 0 Å². The molecule has 8 heteroatoms. The normalized spacial score (nSPS) is 14.9. The van der Waals surface area contributed by atoms with Crippen LogP contribution in [-0.4, -0.2) is 41.6 Å². The third-order valence-electron chi connectivity index (χ3n) is 5.10. The number of rotatable bonds is 6. The van der Waals surface area contributed by atoms with E-state index in [1.165, 1.54) is 5.56 Å². The Labute approximate surface area is 168 Å². The summed E-state index contributed by atoms with van der Waals surface area (Å²) < 4.78 is 42.1. The summed E-state index contributed by atoms with van der Waals surface area (Å²) in [4.78, 5) is 15.9. The van der Waals surface area contributed by atoms with Crippen molar-refractivity contribution < 1.29 is 17.9 Å².